The lowest BCUT2D eigenvalue weighted by Gasteiger charge is -2.05. The summed E-state index contributed by atoms with van der Waals surface area (Å²) in [6.07, 6.45) is 1.67. The number of nitrogens with zero attached hydrogens (tertiary/aromatic N) is 6. The number of nitrogen functional groups attached to an aromatic ring is 1. The van der Waals surface area contributed by atoms with Gasteiger partial charge in [0.15, 0.2) is 11.5 Å². The van der Waals surface area contributed by atoms with Gasteiger partial charge in [-0.3, -0.25) is 9.36 Å². The summed E-state index contributed by atoms with van der Waals surface area (Å²) >= 11 is 3.51. The summed E-state index contributed by atoms with van der Waals surface area (Å²) < 4.78 is 4.55. The average molecular weight is 336 g/mol. The fourth-order valence-electron chi connectivity index (χ4n) is 2.12. The SMILES string of the molecule is Cc1nn(Cc2nc(N)c3cnn(C)c3n2)c(C)c1Br. The first-order valence-electron chi connectivity index (χ1n) is 6.11. The van der Waals surface area contributed by atoms with E-state index in [0.717, 1.165) is 26.9 Å². The van der Waals surface area contributed by atoms with Crippen LogP contribution in [-0.2, 0) is 13.6 Å². The predicted molar refractivity (Wildman–Crippen MR) is 79.2 cm³/mol. The maximum Gasteiger partial charge on any atom is 0.163 e. The standard InChI is InChI=1S/C12H14BrN7/c1-6-10(13)7(2)20(18-6)5-9-16-11(14)8-4-15-19(3)12(8)17-9/h4H,5H2,1-3H3,(H2,14,16,17). The topological polar surface area (TPSA) is 87.4 Å². The maximum atomic E-state index is 5.95. The molecule has 3 rings (SSSR count). The van der Waals surface area contributed by atoms with E-state index in [2.05, 4.69) is 36.1 Å². The van der Waals surface area contributed by atoms with Crippen LogP contribution < -0.4 is 5.73 Å². The van der Waals surface area contributed by atoms with Crippen LogP contribution in [0.1, 0.15) is 17.2 Å². The molecule has 0 aliphatic rings. The van der Waals surface area contributed by atoms with Crippen molar-refractivity contribution in [3.63, 3.8) is 0 Å². The van der Waals surface area contributed by atoms with Crippen LogP contribution in [0.2, 0.25) is 0 Å². The summed E-state index contributed by atoms with van der Waals surface area (Å²) in [7, 11) is 1.83. The molecular weight excluding hydrogens is 322 g/mol. The number of halogens is 1. The van der Waals surface area contributed by atoms with Crippen LogP contribution in [0.25, 0.3) is 11.0 Å². The normalized spacial score (nSPS) is 11.4. The smallest absolute Gasteiger partial charge is 0.163 e. The first-order valence-corrected chi connectivity index (χ1v) is 6.90. The van der Waals surface area contributed by atoms with E-state index in [1.165, 1.54) is 0 Å². The van der Waals surface area contributed by atoms with E-state index in [9.17, 15) is 0 Å². The number of aryl methyl sites for hydroxylation is 2. The number of anilines is 1. The fourth-order valence-corrected chi connectivity index (χ4v) is 2.41. The van der Waals surface area contributed by atoms with Gasteiger partial charge in [0.25, 0.3) is 0 Å². The van der Waals surface area contributed by atoms with Crippen molar-refractivity contribution in [1.29, 1.82) is 0 Å². The summed E-state index contributed by atoms with van der Waals surface area (Å²) in [5, 5.41) is 9.37. The molecule has 0 atom stereocenters. The zero-order chi connectivity index (χ0) is 14.4. The summed E-state index contributed by atoms with van der Waals surface area (Å²) in [6, 6.07) is 0. The number of fused-ring (bicyclic) bond motifs is 1. The van der Waals surface area contributed by atoms with Gasteiger partial charge < -0.3 is 5.73 Å². The van der Waals surface area contributed by atoms with Crippen molar-refractivity contribution in [2.75, 3.05) is 5.73 Å². The second kappa shape index (κ2) is 4.55. The third-order valence-corrected chi connectivity index (χ3v) is 4.40. The van der Waals surface area contributed by atoms with E-state index >= 15 is 0 Å². The molecule has 104 valence electrons. The van der Waals surface area contributed by atoms with Crippen LogP contribution in [0.15, 0.2) is 10.7 Å². The summed E-state index contributed by atoms with van der Waals surface area (Å²) in [5.74, 6) is 1.07. The quantitative estimate of drug-likeness (QED) is 0.767. The lowest BCUT2D eigenvalue weighted by molar-refractivity contribution is 0.632. The molecule has 3 heterocycles. The third kappa shape index (κ3) is 1.96. The van der Waals surface area contributed by atoms with Crippen molar-refractivity contribution in [2.24, 2.45) is 7.05 Å². The highest BCUT2D eigenvalue weighted by molar-refractivity contribution is 9.10. The zero-order valence-corrected chi connectivity index (χ0v) is 13.0. The third-order valence-electron chi connectivity index (χ3n) is 3.25. The average Bonchev–Trinajstić information content (AvgIpc) is 2.88. The van der Waals surface area contributed by atoms with E-state index in [1.54, 1.807) is 10.9 Å². The van der Waals surface area contributed by atoms with E-state index in [4.69, 9.17) is 5.73 Å². The molecular formula is C12H14BrN7. The molecule has 0 spiro atoms. The zero-order valence-electron chi connectivity index (χ0n) is 11.4. The molecule has 0 amide bonds. The molecule has 3 aromatic heterocycles. The minimum atomic E-state index is 0.443. The van der Waals surface area contributed by atoms with E-state index in [-0.39, 0.29) is 0 Å². The van der Waals surface area contributed by atoms with Crippen molar-refractivity contribution in [3.05, 3.63) is 27.9 Å². The highest BCUT2D eigenvalue weighted by atomic mass is 79.9. The molecule has 0 bridgehead atoms. The summed E-state index contributed by atoms with van der Waals surface area (Å²) in [6.45, 7) is 4.42. The number of aromatic nitrogens is 6. The van der Waals surface area contributed by atoms with Crippen molar-refractivity contribution in [3.8, 4) is 0 Å². The van der Waals surface area contributed by atoms with E-state index in [0.29, 0.717) is 18.2 Å². The van der Waals surface area contributed by atoms with E-state index in [1.807, 2.05) is 25.6 Å². The van der Waals surface area contributed by atoms with Gasteiger partial charge in [-0.2, -0.15) is 10.2 Å². The van der Waals surface area contributed by atoms with Gasteiger partial charge in [0.2, 0.25) is 0 Å². The highest BCUT2D eigenvalue weighted by Crippen LogP contribution is 2.21. The lowest BCUT2D eigenvalue weighted by atomic mass is 10.4. The molecule has 2 N–H and O–H groups in total. The molecule has 0 aromatic carbocycles. The number of hydrogen-bond acceptors (Lipinski definition) is 5. The Bertz CT molecular complexity index is 802. The minimum Gasteiger partial charge on any atom is -0.383 e. The lowest BCUT2D eigenvalue weighted by Crippen LogP contribution is -2.10. The predicted octanol–water partition coefficient (Wildman–Crippen LogP) is 1.57. The Labute approximate surface area is 123 Å². The Kier molecular flexibility index (Phi) is 2.97. The van der Waals surface area contributed by atoms with Crippen molar-refractivity contribution in [1.82, 2.24) is 29.5 Å². The van der Waals surface area contributed by atoms with Gasteiger partial charge in [0.05, 0.1) is 27.4 Å². The molecule has 0 radical (unpaired) electrons. The van der Waals surface area contributed by atoms with Crippen LogP contribution in [0.3, 0.4) is 0 Å². The van der Waals surface area contributed by atoms with Crippen LogP contribution >= 0.6 is 15.9 Å². The van der Waals surface area contributed by atoms with Gasteiger partial charge in [-0.05, 0) is 29.8 Å². The molecule has 7 nitrogen and oxygen atoms in total. The number of rotatable bonds is 2. The van der Waals surface area contributed by atoms with Gasteiger partial charge in [0.1, 0.15) is 12.4 Å². The Morgan fingerprint density at radius 2 is 2.05 bits per heavy atom. The van der Waals surface area contributed by atoms with Gasteiger partial charge in [0, 0.05) is 7.05 Å². The molecule has 0 aliphatic carbocycles. The van der Waals surface area contributed by atoms with Gasteiger partial charge >= 0.3 is 0 Å². The Morgan fingerprint density at radius 1 is 1.30 bits per heavy atom. The molecule has 0 saturated heterocycles. The second-order valence-electron chi connectivity index (χ2n) is 4.67. The fraction of sp³-hybridized carbons (Fsp3) is 0.333. The van der Waals surface area contributed by atoms with Crippen molar-refractivity contribution in [2.45, 2.75) is 20.4 Å². The second-order valence-corrected chi connectivity index (χ2v) is 5.47. The molecule has 8 heteroatoms. The maximum absolute atomic E-state index is 5.95. The molecule has 0 aliphatic heterocycles. The first-order chi connectivity index (χ1) is 9.47. The molecule has 20 heavy (non-hydrogen) atoms. The number of nitrogens with two attached hydrogens (primary N) is 1. The molecule has 0 unspecified atom stereocenters. The van der Waals surface area contributed by atoms with Crippen LogP contribution in [-0.4, -0.2) is 29.5 Å². The summed E-state index contributed by atoms with van der Waals surface area (Å²) in [5.41, 5.74) is 8.66. The van der Waals surface area contributed by atoms with Crippen molar-refractivity contribution >= 4 is 32.8 Å². The Hall–Kier alpha value is -1.96. The van der Waals surface area contributed by atoms with Crippen molar-refractivity contribution < 1.29 is 0 Å². The van der Waals surface area contributed by atoms with Crippen LogP contribution in [0.5, 0.6) is 0 Å². The van der Waals surface area contributed by atoms with Crippen LogP contribution in [0.4, 0.5) is 5.82 Å². The molecule has 3 aromatic rings. The Balaban J connectivity index is 2.06. The van der Waals surface area contributed by atoms with Gasteiger partial charge in [-0.15, -0.1) is 0 Å². The summed E-state index contributed by atoms with van der Waals surface area (Å²) in [4.78, 5) is 8.83. The number of hydrogen-bond donors (Lipinski definition) is 1. The highest BCUT2D eigenvalue weighted by Gasteiger charge is 2.13. The van der Waals surface area contributed by atoms with Crippen LogP contribution in [0, 0.1) is 13.8 Å². The van der Waals surface area contributed by atoms with E-state index < -0.39 is 0 Å². The minimum absolute atomic E-state index is 0.443. The first kappa shape index (κ1) is 13.0. The largest absolute Gasteiger partial charge is 0.383 e. The monoisotopic (exact) mass is 335 g/mol. The Morgan fingerprint density at radius 3 is 2.70 bits per heavy atom. The van der Waals surface area contributed by atoms with Gasteiger partial charge in [-0.1, -0.05) is 0 Å². The molecule has 0 fully saturated rings. The molecule has 0 saturated carbocycles. The van der Waals surface area contributed by atoms with Gasteiger partial charge in [-0.25, -0.2) is 9.97 Å².